The second-order valence-electron chi connectivity index (χ2n) is 5.64. The van der Waals surface area contributed by atoms with E-state index >= 15 is 0 Å². The first-order chi connectivity index (χ1) is 11.6. The Hall–Kier alpha value is -2.87. The minimum absolute atomic E-state index is 0.0829. The first-order valence-corrected chi connectivity index (χ1v) is 7.73. The number of halogens is 1. The van der Waals surface area contributed by atoms with E-state index in [1.54, 1.807) is 24.4 Å². The van der Waals surface area contributed by atoms with Crippen molar-refractivity contribution >= 4 is 6.09 Å². The molecule has 0 spiro atoms. The van der Waals surface area contributed by atoms with Crippen molar-refractivity contribution in [3.8, 4) is 11.8 Å². The lowest BCUT2D eigenvalue weighted by atomic mass is 10.1. The molecule has 2 aromatic rings. The number of hydrogen-bond donors (Lipinski definition) is 0. The number of alkyl halides is 1. The highest BCUT2D eigenvalue weighted by Crippen LogP contribution is 2.25. The van der Waals surface area contributed by atoms with Crippen LogP contribution in [0.4, 0.5) is 9.18 Å². The maximum absolute atomic E-state index is 14.7. The Morgan fingerprint density at radius 3 is 2.79 bits per heavy atom. The predicted molar refractivity (Wildman–Crippen MR) is 87.8 cm³/mol. The molecule has 0 N–H and O–H groups in total. The smallest absolute Gasteiger partial charge is 0.410 e. The third kappa shape index (κ3) is 4.11. The van der Waals surface area contributed by atoms with Crippen molar-refractivity contribution in [3.05, 3.63) is 66.0 Å². The van der Waals surface area contributed by atoms with E-state index in [1.165, 1.54) is 4.90 Å². The van der Waals surface area contributed by atoms with Crippen LogP contribution >= 0.6 is 0 Å². The van der Waals surface area contributed by atoms with Crippen LogP contribution < -0.4 is 0 Å². The Morgan fingerprint density at radius 1 is 1.25 bits per heavy atom. The Labute approximate surface area is 140 Å². The number of likely N-dealkylation sites (tertiary alicyclic amines) is 1. The molecule has 1 saturated heterocycles. The van der Waals surface area contributed by atoms with E-state index in [0.717, 1.165) is 5.56 Å². The van der Waals surface area contributed by atoms with E-state index in [9.17, 15) is 9.18 Å². The SMILES string of the molecule is O=C(OCc1ccccc1)N1CCC(F)(C#Cc2ccccn2)C1. The Bertz CT molecular complexity index is 755. The van der Waals surface area contributed by atoms with Crippen molar-refractivity contribution in [2.45, 2.75) is 18.7 Å². The number of hydrogen-bond acceptors (Lipinski definition) is 3. The normalized spacial score (nSPS) is 19.5. The molecule has 5 heteroatoms. The summed E-state index contributed by atoms with van der Waals surface area (Å²) in [7, 11) is 0. The van der Waals surface area contributed by atoms with Gasteiger partial charge in [-0.15, -0.1) is 0 Å². The molecule has 0 saturated carbocycles. The number of aromatic nitrogens is 1. The molecular formula is C19H17FN2O2. The van der Waals surface area contributed by atoms with Gasteiger partial charge in [0, 0.05) is 19.2 Å². The van der Waals surface area contributed by atoms with Crippen LogP contribution in [0.3, 0.4) is 0 Å². The minimum Gasteiger partial charge on any atom is -0.445 e. The van der Waals surface area contributed by atoms with Gasteiger partial charge in [-0.1, -0.05) is 42.3 Å². The third-order valence-corrected chi connectivity index (χ3v) is 3.76. The molecule has 1 aromatic carbocycles. The van der Waals surface area contributed by atoms with Crippen molar-refractivity contribution in [1.29, 1.82) is 0 Å². The van der Waals surface area contributed by atoms with Crippen molar-refractivity contribution in [2.24, 2.45) is 0 Å². The van der Waals surface area contributed by atoms with Crippen LogP contribution in [-0.4, -0.2) is 34.7 Å². The van der Waals surface area contributed by atoms with Crippen LogP contribution in [-0.2, 0) is 11.3 Å². The van der Waals surface area contributed by atoms with Crippen LogP contribution in [0.2, 0.25) is 0 Å². The molecule has 24 heavy (non-hydrogen) atoms. The third-order valence-electron chi connectivity index (χ3n) is 3.76. The lowest BCUT2D eigenvalue weighted by molar-refractivity contribution is 0.0994. The van der Waals surface area contributed by atoms with Crippen molar-refractivity contribution < 1.29 is 13.9 Å². The highest BCUT2D eigenvalue weighted by Gasteiger charge is 2.39. The summed E-state index contributed by atoms with van der Waals surface area (Å²) in [5.74, 6) is 5.33. The van der Waals surface area contributed by atoms with E-state index in [2.05, 4.69) is 16.8 Å². The molecule has 2 heterocycles. The van der Waals surface area contributed by atoms with Crippen LogP contribution in [0, 0.1) is 11.8 Å². The molecule has 1 aliphatic rings. The standard InChI is InChI=1S/C19H17FN2O2/c20-19(10-9-17-8-4-5-12-21-17)11-13-22(15-19)18(23)24-14-16-6-2-1-3-7-16/h1-8,12H,11,13-15H2. The Morgan fingerprint density at radius 2 is 2.04 bits per heavy atom. The lowest BCUT2D eigenvalue weighted by Gasteiger charge is -2.17. The van der Waals surface area contributed by atoms with E-state index in [4.69, 9.17) is 4.74 Å². The largest absolute Gasteiger partial charge is 0.445 e. The number of pyridine rings is 1. The van der Waals surface area contributed by atoms with Gasteiger partial charge >= 0.3 is 6.09 Å². The fraction of sp³-hybridized carbons (Fsp3) is 0.263. The molecule has 1 unspecified atom stereocenters. The highest BCUT2D eigenvalue weighted by atomic mass is 19.1. The average molecular weight is 324 g/mol. The topological polar surface area (TPSA) is 42.4 Å². The number of ether oxygens (including phenoxy) is 1. The number of amides is 1. The molecule has 0 bridgehead atoms. The Balaban J connectivity index is 1.56. The van der Waals surface area contributed by atoms with Gasteiger partial charge in [0.15, 0.2) is 5.67 Å². The first kappa shape index (κ1) is 16.0. The second-order valence-corrected chi connectivity index (χ2v) is 5.64. The van der Waals surface area contributed by atoms with Gasteiger partial charge in [0.1, 0.15) is 12.3 Å². The molecule has 1 aromatic heterocycles. The number of benzene rings is 1. The average Bonchev–Trinajstić information content (AvgIpc) is 3.03. The van der Waals surface area contributed by atoms with Gasteiger partial charge in [0.25, 0.3) is 0 Å². The lowest BCUT2D eigenvalue weighted by Crippen LogP contribution is -2.33. The van der Waals surface area contributed by atoms with Gasteiger partial charge in [-0.05, 0) is 23.6 Å². The molecule has 1 aliphatic heterocycles. The molecular weight excluding hydrogens is 307 g/mol. The minimum atomic E-state index is -1.72. The molecule has 4 nitrogen and oxygen atoms in total. The summed E-state index contributed by atoms with van der Waals surface area (Å²) in [6.45, 7) is 0.385. The molecule has 122 valence electrons. The van der Waals surface area contributed by atoms with E-state index in [-0.39, 0.29) is 19.6 Å². The summed E-state index contributed by atoms with van der Waals surface area (Å²) in [5, 5.41) is 0. The Kier molecular flexibility index (Phi) is 4.76. The number of carbonyl (C=O) groups excluding carboxylic acids is 1. The molecule has 1 amide bonds. The summed E-state index contributed by atoms with van der Waals surface area (Å²) in [6, 6.07) is 14.7. The van der Waals surface area contributed by atoms with Gasteiger partial charge in [-0.3, -0.25) is 0 Å². The van der Waals surface area contributed by atoms with Crippen LogP contribution in [0.25, 0.3) is 0 Å². The summed E-state index contributed by atoms with van der Waals surface area (Å²) in [6.07, 6.45) is 1.27. The van der Waals surface area contributed by atoms with E-state index in [0.29, 0.717) is 12.2 Å². The van der Waals surface area contributed by atoms with Crippen molar-refractivity contribution in [1.82, 2.24) is 9.88 Å². The molecule has 0 radical (unpaired) electrons. The van der Waals surface area contributed by atoms with Crippen LogP contribution in [0.5, 0.6) is 0 Å². The zero-order valence-corrected chi connectivity index (χ0v) is 13.1. The second kappa shape index (κ2) is 7.14. The van der Waals surface area contributed by atoms with Gasteiger partial charge in [0.2, 0.25) is 0 Å². The first-order valence-electron chi connectivity index (χ1n) is 7.73. The quantitative estimate of drug-likeness (QED) is 0.797. The zero-order chi connectivity index (χ0) is 16.8. The van der Waals surface area contributed by atoms with Gasteiger partial charge < -0.3 is 9.64 Å². The molecule has 0 aliphatic carbocycles. The zero-order valence-electron chi connectivity index (χ0n) is 13.1. The maximum atomic E-state index is 14.7. The monoisotopic (exact) mass is 324 g/mol. The molecule has 3 rings (SSSR count). The predicted octanol–water partition coefficient (Wildman–Crippen LogP) is 3.18. The number of carbonyl (C=O) groups is 1. The summed E-state index contributed by atoms with van der Waals surface area (Å²) in [5.41, 5.74) is -0.311. The fourth-order valence-corrected chi connectivity index (χ4v) is 2.45. The molecule has 1 fully saturated rings. The van der Waals surface area contributed by atoms with Crippen molar-refractivity contribution in [2.75, 3.05) is 13.1 Å². The van der Waals surface area contributed by atoms with Crippen molar-refractivity contribution in [3.63, 3.8) is 0 Å². The van der Waals surface area contributed by atoms with Crippen LogP contribution in [0.1, 0.15) is 17.7 Å². The highest BCUT2D eigenvalue weighted by molar-refractivity contribution is 5.68. The van der Waals surface area contributed by atoms with E-state index < -0.39 is 11.8 Å². The number of nitrogens with zero attached hydrogens (tertiary/aromatic N) is 2. The van der Waals surface area contributed by atoms with Crippen LogP contribution in [0.15, 0.2) is 54.7 Å². The summed E-state index contributed by atoms with van der Waals surface area (Å²) in [4.78, 5) is 17.5. The molecule has 1 atom stereocenters. The van der Waals surface area contributed by atoms with Gasteiger partial charge in [0.05, 0.1) is 6.54 Å². The number of rotatable bonds is 2. The summed E-state index contributed by atoms with van der Waals surface area (Å²) < 4.78 is 19.9. The fourth-order valence-electron chi connectivity index (χ4n) is 2.45. The maximum Gasteiger partial charge on any atom is 0.410 e. The van der Waals surface area contributed by atoms with Gasteiger partial charge in [-0.2, -0.15) is 0 Å². The summed E-state index contributed by atoms with van der Waals surface area (Å²) >= 11 is 0. The van der Waals surface area contributed by atoms with Gasteiger partial charge in [-0.25, -0.2) is 14.2 Å². The van der Waals surface area contributed by atoms with E-state index in [1.807, 2.05) is 30.3 Å².